The first-order valence-corrected chi connectivity index (χ1v) is 6.70. The van der Waals surface area contributed by atoms with Crippen molar-refractivity contribution >= 4 is 0 Å². The summed E-state index contributed by atoms with van der Waals surface area (Å²) < 4.78 is 5.38. The van der Waals surface area contributed by atoms with E-state index in [1.807, 2.05) is 0 Å². The molecule has 1 heterocycles. The van der Waals surface area contributed by atoms with Gasteiger partial charge in [0.1, 0.15) is 0 Å². The zero-order valence-electron chi connectivity index (χ0n) is 11.9. The van der Waals surface area contributed by atoms with Crippen molar-refractivity contribution in [3.8, 4) is 0 Å². The van der Waals surface area contributed by atoms with Gasteiger partial charge in [-0.1, -0.05) is 6.92 Å². The molecule has 1 aliphatic heterocycles. The van der Waals surface area contributed by atoms with E-state index in [9.17, 15) is 0 Å². The number of hydrogen-bond acceptors (Lipinski definition) is 4. The summed E-state index contributed by atoms with van der Waals surface area (Å²) in [6, 6.07) is 0.723. The Hall–Kier alpha value is -0.160. The third-order valence-corrected chi connectivity index (χ3v) is 4.32. The molecule has 1 unspecified atom stereocenters. The Balaban J connectivity index is 2.60. The standard InChI is InChI=1S/C13H29N3O/c1-5-13(10-14,11-17-4)16-8-6-12(7-9-16)15(2)3/h12H,5-11,14H2,1-4H3. The monoisotopic (exact) mass is 243 g/mol. The van der Waals surface area contributed by atoms with Crippen molar-refractivity contribution in [3.63, 3.8) is 0 Å². The average molecular weight is 243 g/mol. The second-order valence-corrected chi connectivity index (χ2v) is 5.40. The molecular weight excluding hydrogens is 214 g/mol. The fraction of sp³-hybridized carbons (Fsp3) is 1.00. The van der Waals surface area contributed by atoms with E-state index in [2.05, 4.69) is 30.8 Å². The molecule has 0 saturated carbocycles. The molecule has 1 fully saturated rings. The predicted molar refractivity (Wildman–Crippen MR) is 72.2 cm³/mol. The quantitative estimate of drug-likeness (QED) is 0.748. The predicted octanol–water partition coefficient (Wildman–Crippen LogP) is 0.766. The van der Waals surface area contributed by atoms with Crippen LogP contribution in [0.15, 0.2) is 0 Å². The SMILES string of the molecule is CCC(CN)(COC)N1CCC(N(C)C)CC1. The minimum absolute atomic E-state index is 0.0477. The van der Waals surface area contributed by atoms with Gasteiger partial charge in [0.05, 0.1) is 12.1 Å². The van der Waals surface area contributed by atoms with E-state index >= 15 is 0 Å². The number of nitrogens with two attached hydrogens (primary N) is 1. The van der Waals surface area contributed by atoms with E-state index in [1.165, 1.54) is 12.8 Å². The van der Waals surface area contributed by atoms with E-state index in [-0.39, 0.29) is 5.54 Å². The normalized spacial score (nSPS) is 22.9. The smallest absolute Gasteiger partial charge is 0.0658 e. The lowest BCUT2D eigenvalue weighted by Gasteiger charge is -2.46. The molecule has 0 aromatic carbocycles. The van der Waals surface area contributed by atoms with Crippen LogP contribution in [0.5, 0.6) is 0 Å². The lowest BCUT2D eigenvalue weighted by molar-refractivity contribution is -0.0111. The van der Waals surface area contributed by atoms with Gasteiger partial charge in [-0.2, -0.15) is 0 Å². The average Bonchev–Trinajstić information content (AvgIpc) is 2.36. The van der Waals surface area contributed by atoms with Gasteiger partial charge in [-0.3, -0.25) is 4.90 Å². The largest absolute Gasteiger partial charge is 0.383 e. The highest BCUT2D eigenvalue weighted by Crippen LogP contribution is 2.25. The highest BCUT2D eigenvalue weighted by atomic mass is 16.5. The molecule has 0 aliphatic carbocycles. The van der Waals surface area contributed by atoms with Crippen LogP contribution in [-0.2, 0) is 4.74 Å². The van der Waals surface area contributed by atoms with Crippen LogP contribution in [0.4, 0.5) is 0 Å². The third kappa shape index (κ3) is 3.41. The van der Waals surface area contributed by atoms with Crippen LogP contribution in [0.1, 0.15) is 26.2 Å². The van der Waals surface area contributed by atoms with Gasteiger partial charge in [-0.05, 0) is 33.4 Å². The van der Waals surface area contributed by atoms with Gasteiger partial charge in [0.25, 0.3) is 0 Å². The molecule has 17 heavy (non-hydrogen) atoms. The zero-order chi connectivity index (χ0) is 12.9. The summed E-state index contributed by atoms with van der Waals surface area (Å²) in [5.74, 6) is 0. The molecule has 0 amide bonds. The van der Waals surface area contributed by atoms with E-state index in [0.717, 1.165) is 32.2 Å². The van der Waals surface area contributed by atoms with E-state index < -0.39 is 0 Å². The Morgan fingerprint density at radius 3 is 2.29 bits per heavy atom. The summed E-state index contributed by atoms with van der Waals surface area (Å²) >= 11 is 0. The number of ether oxygens (including phenoxy) is 1. The maximum Gasteiger partial charge on any atom is 0.0658 e. The van der Waals surface area contributed by atoms with Gasteiger partial charge in [-0.15, -0.1) is 0 Å². The molecule has 4 nitrogen and oxygen atoms in total. The van der Waals surface area contributed by atoms with Crippen molar-refractivity contribution in [2.45, 2.75) is 37.8 Å². The number of nitrogens with zero attached hydrogens (tertiary/aromatic N) is 2. The fourth-order valence-corrected chi connectivity index (χ4v) is 2.87. The first-order valence-electron chi connectivity index (χ1n) is 6.70. The Kier molecular flexibility index (Phi) is 5.86. The summed E-state index contributed by atoms with van der Waals surface area (Å²) in [5, 5.41) is 0. The molecule has 102 valence electrons. The van der Waals surface area contributed by atoms with Crippen LogP contribution in [0, 0.1) is 0 Å². The Morgan fingerprint density at radius 2 is 1.94 bits per heavy atom. The molecule has 0 aromatic heterocycles. The van der Waals surface area contributed by atoms with Crippen molar-refractivity contribution in [2.24, 2.45) is 5.73 Å². The first kappa shape index (κ1) is 14.9. The second-order valence-electron chi connectivity index (χ2n) is 5.40. The molecular formula is C13H29N3O. The maximum absolute atomic E-state index is 6.00. The van der Waals surface area contributed by atoms with Gasteiger partial charge in [0, 0.05) is 32.8 Å². The summed E-state index contributed by atoms with van der Waals surface area (Å²) in [6.45, 7) is 5.91. The van der Waals surface area contributed by atoms with Crippen LogP contribution >= 0.6 is 0 Å². The van der Waals surface area contributed by atoms with Crippen molar-refractivity contribution in [3.05, 3.63) is 0 Å². The summed E-state index contributed by atoms with van der Waals surface area (Å²) in [6.07, 6.45) is 3.53. The van der Waals surface area contributed by atoms with Crippen molar-refractivity contribution < 1.29 is 4.74 Å². The summed E-state index contributed by atoms with van der Waals surface area (Å²) in [5.41, 5.74) is 6.05. The zero-order valence-corrected chi connectivity index (χ0v) is 11.9. The molecule has 1 aliphatic rings. The Bertz CT molecular complexity index is 209. The highest BCUT2D eigenvalue weighted by molar-refractivity contribution is 4.93. The van der Waals surface area contributed by atoms with Gasteiger partial charge in [0.15, 0.2) is 0 Å². The van der Waals surface area contributed by atoms with Gasteiger partial charge in [-0.25, -0.2) is 0 Å². The van der Waals surface area contributed by atoms with Crippen molar-refractivity contribution in [1.29, 1.82) is 0 Å². The van der Waals surface area contributed by atoms with E-state index in [1.54, 1.807) is 7.11 Å². The first-order chi connectivity index (χ1) is 8.09. The van der Waals surface area contributed by atoms with Crippen LogP contribution in [0.3, 0.4) is 0 Å². The third-order valence-electron chi connectivity index (χ3n) is 4.32. The Morgan fingerprint density at radius 1 is 1.35 bits per heavy atom. The molecule has 0 spiro atoms. The number of likely N-dealkylation sites (tertiary alicyclic amines) is 1. The highest BCUT2D eigenvalue weighted by Gasteiger charge is 2.36. The molecule has 0 bridgehead atoms. The lowest BCUT2D eigenvalue weighted by Crippen LogP contribution is -2.59. The summed E-state index contributed by atoms with van der Waals surface area (Å²) in [4.78, 5) is 4.88. The minimum Gasteiger partial charge on any atom is -0.383 e. The van der Waals surface area contributed by atoms with Crippen LogP contribution < -0.4 is 5.73 Å². The van der Waals surface area contributed by atoms with Crippen LogP contribution in [0.2, 0.25) is 0 Å². The van der Waals surface area contributed by atoms with Gasteiger partial charge in [0.2, 0.25) is 0 Å². The maximum atomic E-state index is 6.00. The summed E-state index contributed by atoms with van der Waals surface area (Å²) in [7, 11) is 6.11. The van der Waals surface area contributed by atoms with Crippen molar-refractivity contribution in [2.75, 3.05) is 47.4 Å². The second kappa shape index (κ2) is 6.69. The molecule has 4 heteroatoms. The van der Waals surface area contributed by atoms with Gasteiger partial charge < -0.3 is 15.4 Å². The number of piperidine rings is 1. The molecule has 0 radical (unpaired) electrons. The molecule has 0 aromatic rings. The molecule has 1 rings (SSSR count). The molecule has 1 saturated heterocycles. The van der Waals surface area contributed by atoms with Crippen LogP contribution in [-0.4, -0.2) is 68.8 Å². The minimum atomic E-state index is 0.0477. The fourth-order valence-electron chi connectivity index (χ4n) is 2.87. The van der Waals surface area contributed by atoms with Crippen LogP contribution in [0.25, 0.3) is 0 Å². The van der Waals surface area contributed by atoms with Gasteiger partial charge >= 0.3 is 0 Å². The lowest BCUT2D eigenvalue weighted by atomic mass is 9.91. The molecule has 2 N–H and O–H groups in total. The molecule has 1 atom stereocenters. The van der Waals surface area contributed by atoms with E-state index in [4.69, 9.17) is 10.5 Å². The number of hydrogen-bond donors (Lipinski definition) is 1. The number of rotatable bonds is 6. The Labute approximate surface area is 106 Å². The van der Waals surface area contributed by atoms with E-state index in [0.29, 0.717) is 6.54 Å². The number of methoxy groups -OCH3 is 1. The van der Waals surface area contributed by atoms with Crippen molar-refractivity contribution in [1.82, 2.24) is 9.80 Å². The topological polar surface area (TPSA) is 41.7 Å².